The van der Waals surface area contributed by atoms with E-state index in [-0.39, 0.29) is 11.7 Å². The van der Waals surface area contributed by atoms with Crippen LogP contribution in [-0.4, -0.2) is 10.9 Å². The van der Waals surface area contributed by atoms with Gasteiger partial charge < -0.3 is 4.74 Å². The summed E-state index contributed by atoms with van der Waals surface area (Å²) in [6.07, 6.45) is 35.9. The Morgan fingerprint density at radius 2 is 0.850 bits per heavy atom. The molecule has 0 spiro atoms. The van der Waals surface area contributed by atoms with E-state index < -0.39 is 4.92 Å². The average molecular weight is 560 g/mol. The van der Waals surface area contributed by atoms with Crippen LogP contribution in [0.15, 0.2) is 24.3 Å². The van der Waals surface area contributed by atoms with Gasteiger partial charge in [-0.25, -0.2) is 0 Å². The van der Waals surface area contributed by atoms with E-state index >= 15 is 0 Å². The highest BCUT2D eigenvalue weighted by molar-refractivity contribution is 5.72. The fourth-order valence-corrected chi connectivity index (χ4v) is 5.40. The van der Waals surface area contributed by atoms with Crippen molar-refractivity contribution in [1.82, 2.24) is 0 Å². The summed E-state index contributed by atoms with van der Waals surface area (Å²) in [7, 11) is 0. The monoisotopic (exact) mass is 559 g/mol. The molecule has 0 aliphatic carbocycles. The molecule has 0 radical (unpaired) electrons. The lowest BCUT2D eigenvalue weighted by Gasteiger charge is -2.05. The third kappa shape index (κ3) is 22.9. The number of hydrogen-bond acceptors (Lipinski definition) is 4. The van der Waals surface area contributed by atoms with E-state index in [2.05, 4.69) is 6.92 Å². The van der Waals surface area contributed by atoms with Gasteiger partial charge in [0.1, 0.15) is 5.75 Å². The molecular weight excluding hydrogens is 498 g/mol. The second-order valence-corrected chi connectivity index (χ2v) is 11.8. The maximum absolute atomic E-state index is 11.9. The Labute approximate surface area is 246 Å². The van der Waals surface area contributed by atoms with Gasteiger partial charge in [0.2, 0.25) is 0 Å². The van der Waals surface area contributed by atoms with Crippen LogP contribution in [0.3, 0.4) is 0 Å². The largest absolute Gasteiger partial charge is 0.427 e. The molecule has 0 heterocycles. The highest BCUT2D eigenvalue weighted by atomic mass is 16.6. The van der Waals surface area contributed by atoms with Crippen molar-refractivity contribution in [2.75, 3.05) is 0 Å². The van der Waals surface area contributed by atoms with E-state index in [4.69, 9.17) is 4.74 Å². The van der Waals surface area contributed by atoms with Crippen molar-refractivity contribution in [2.24, 2.45) is 0 Å². The number of hydrogen-bond donors (Lipinski definition) is 0. The number of non-ortho nitro benzene ring substituents is 1. The fourth-order valence-electron chi connectivity index (χ4n) is 5.40. The first-order chi connectivity index (χ1) is 19.6. The van der Waals surface area contributed by atoms with Gasteiger partial charge in [-0.3, -0.25) is 14.9 Å². The fraction of sp³-hybridized carbons (Fsp3) is 0.800. The molecule has 1 rings (SSSR count). The maximum atomic E-state index is 11.9. The molecular formula is C35H61NO4. The lowest BCUT2D eigenvalue weighted by molar-refractivity contribution is -0.384. The average Bonchev–Trinajstić information content (AvgIpc) is 2.95. The van der Waals surface area contributed by atoms with Gasteiger partial charge in [-0.15, -0.1) is 0 Å². The van der Waals surface area contributed by atoms with E-state index in [1.165, 1.54) is 178 Å². The lowest BCUT2D eigenvalue weighted by Crippen LogP contribution is -2.07. The first-order valence-electron chi connectivity index (χ1n) is 17.1. The number of unbranched alkanes of at least 4 members (excludes halogenated alkanes) is 25. The second-order valence-electron chi connectivity index (χ2n) is 11.8. The van der Waals surface area contributed by atoms with Gasteiger partial charge in [0.05, 0.1) is 4.92 Å². The zero-order valence-corrected chi connectivity index (χ0v) is 26.0. The summed E-state index contributed by atoms with van der Waals surface area (Å²) >= 11 is 0. The molecule has 0 aromatic heterocycles. The van der Waals surface area contributed by atoms with Crippen LogP contribution in [-0.2, 0) is 4.79 Å². The predicted octanol–water partition coefficient (Wildman–Crippen LogP) is 12.1. The Morgan fingerprint density at radius 3 is 1.15 bits per heavy atom. The normalized spacial score (nSPS) is 11.1. The third-order valence-electron chi connectivity index (χ3n) is 8.01. The van der Waals surface area contributed by atoms with Crippen molar-refractivity contribution in [2.45, 2.75) is 180 Å². The molecule has 0 unspecified atom stereocenters. The number of nitro benzene ring substituents is 1. The molecule has 0 N–H and O–H groups in total. The minimum Gasteiger partial charge on any atom is -0.427 e. The molecule has 0 bridgehead atoms. The molecule has 1 aromatic carbocycles. The number of carbonyl (C=O) groups is 1. The van der Waals surface area contributed by atoms with Gasteiger partial charge in [0.25, 0.3) is 5.69 Å². The summed E-state index contributed by atoms with van der Waals surface area (Å²) in [5.74, 6) is 0.101. The minimum atomic E-state index is -0.464. The quantitative estimate of drug-likeness (QED) is 0.0322. The van der Waals surface area contributed by atoms with Crippen LogP contribution >= 0.6 is 0 Å². The van der Waals surface area contributed by atoms with Gasteiger partial charge in [-0.1, -0.05) is 167 Å². The summed E-state index contributed by atoms with van der Waals surface area (Å²) in [5, 5.41) is 10.7. The molecule has 5 heteroatoms. The Morgan fingerprint density at radius 1 is 0.550 bits per heavy atom. The van der Waals surface area contributed by atoms with E-state index in [9.17, 15) is 14.9 Å². The van der Waals surface area contributed by atoms with E-state index in [0.29, 0.717) is 12.2 Å². The zero-order valence-electron chi connectivity index (χ0n) is 26.0. The molecule has 0 amide bonds. The van der Waals surface area contributed by atoms with Crippen molar-refractivity contribution in [3.05, 3.63) is 34.4 Å². The van der Waals surface area contributed by atoms with Crippen molar-refractivity contribution in [3.63, 3.8) is 0 Å². The Kier molecular flexibility index (Phi) is 24.6. The highest BCUT2D eigenvalue weighted by Crippen LogP contribution is 2.19. The number of nitro groups is 1. The first-order valence-corrected chi connectivity index (χ1v) is 17.1. The molecule has 0 atom stereocenters. The molecule has 40 heavy (non-hydrogen) atoms. The first kappa shape index (κ1) is 36.1. The molecule has 0 saturated carbocycles. The summed E-state index contributed by atoms with van der Waals surface area (Å²) in [6, 6.07) is 5.64. The van der Waals surface area contributed by atoms with E-state index in [0.717, 1.165) is 12.8 Å². The highest BCUT2D eigenvalue weighted by Gasteiger charge is 2.08. The van der Waals surface area contributed by atoms with E-state index in [1.54, 1.807) is 0 Å². The smallest absolute Gasteiger partial charge is 0.311 e. The minimum absolute atomic E-state index is 0.00444. The van der Waals surface area contributed by atoms with Crippen LogP contribution < -0.4 is 4.74 Å². The molecule has 230 valence electrons. The third-order valence-corrected chi connectivity index (χ3v) is 8.01. The summed E-state index contributed by atoms with van der Waals surface area (Å²) in [4.78, 5) is 22.1. The van der Waals surface area contributed by atoms with Crippen LogP contribution in [0.1, 0.15) is 180 Å². The molecule has 1 aromatic rings. The molecule has 0 aliphatic rings. The van der Waals surface area contributed by atoms with Crippen LogP contribution in [0, 0.1) is 10.1 Å². The summed E-state index contributed by atoms with van der Waals surface area (Å²) in [6.45, 7) is 2.29. The number of esters is 1. The number of carbonyl (C=O) groups excluding carboxylic acids is 1. The number of benzene rings is 1. The molecule has 0 fully saturated rings. The SMILES string of the molecule is CCCCCCCCCCCCCCCCCCCCCCCCCCCCC(=O)Oc1ccc([N+](=O)[O-])cc1. The van der Waals surface area contributed by atoms with Crippen LogP contribution in [0.2, 0.25) is 0 Å². The summed E-state index contributed by atoms with van der Waals surface area (Å²) in [5.41, 5.74) is -0.00444. The number of nitrogens with zero attached hydrogens (tertiary/aromatic N) is 1. The van der Waals surface area contributed by atoms with Crippen molar-refractivity contribution >= 4 is 11.7 Å². The number of ether oxygens (including phenoxy) is 1. The lowest BCUT2D eigenvalue weighted by atomic mass is 10.0. The van der Waals surface area contributed by atoms with Crippen molar-refractivity contribution in [3.8, 4) is 5.75 Å². The van der Waals surface area contributed by atoms with Crippen molar-refractivity contribution < 1.29 is 14.5 Å². The predicted molar refractivity (Wildman–Crippen MR) is 169 cm³/mol. The number of rotatable bonds is 29. The van der Waals surface area contributed by atoms with Crippen LogP contribution in [0.5, 0.6) is 5.75 Å². The Balaban J connectivity index is 1.73. The van der Waals surface area contributed by atoms with Gasteiger partial charge in [0, 0.05) is 18.6 Å². The summed E-state index contributed by atoms with van der Waals surface area (Å²) < 4.78 is 5.24. The standard InChI is InChI=1S/C35H61NO4/c1-2-3-4-5-6-7-8-9-10-11-12-13-14-15-16-17-18-19-20-21-22-23-24-25-26-27-28-35(37)40-34-31-29-33(30-32-34)36(38)39/h29-32H,2-28H2,1H3. The second kappa shape index (κ2) is 27.3. The Hall–Kier alpha value is -1.91. The molecule has 0 aliphatic heterocycles. The topological polar surface area (TPSA) is 69.4 Å². The van der Waals surface area contributed by atoms with E-state index in [1.807, 2.05) is 0 Å². The maximum Gasteiger partial charge on any atom is 0.311 e. The molecule has 0 saturated heterocycles. The zero-order chi connectivity index (χ0) is 28.9. The Bertz CT molecular complexity index is 719. The molecule has 5 nitrogen and oxygen atoms in total. The van der Waals surface area contributed by atoms with Gasteiger partial charge in [-0.05, 0) is 18.6 Å². The van der Waals surface area contributed by atoms with Crippen LogP contribution in [0.25, 0.3) is 0 Å². The van der Waals surface area contributed by atoms with Gasteiger partial charge >= 0.3 is 5.97 Å². The van der Waals surface area contributed by atoms with Crippen LogP contribution in [0.4, 0.5) is 5.69 Å². The van der Waals surface area contributed by atoms with Crippen molar-refractivity contribution in [1.29, 1.82) is 0 Å². The van der Waals surface area contributed by atoms with Gasteiger partial charge in [0.15, 0.2) is 0 Å². The van der Waals surface area contributed by atoms with Gasteiger partial charge in [-0.2, -0.15) is 0 Å².